The lowest BCUT2D eigenvalue weighted by molar-refractivity contribution is -0.220. The van der Waals surface area contributed by atoms with Crippen LogP contribution in [0.5, 0.6) is 0 Å². The summed E-state index contributed by atoms with van der Waals surface area (Å²) < 4.78 is 0. The number of aliphatic hydroxyl groups is 4. The molecule has 0 aromatic rings. The van der Waals surface area contributed by atoms with Gasteiger partial charge in [-0.15, -0.1) is 0 Å². The van der Waals surface area contributed by atoms with Gasteiger partial charge in [0.05, 0.1) is 6.42 Å². The molecule has 0 heterocycles. The molecule has 2 saturated carbocycles. The Morgan fingerprint density at radius 2 is 1.60 bits per heavy atom. The number of fused-ring (bicyclic) bond motifs is 1. The van der Waals surface area contributed by atoms with Crippen molar-refractivity contribution < 1.29 is 20.4 Å². The third-order valence-corrected chi connectivity index (χ3v) is 4.24. The van der Waals surface area contributed by atoms with E-state index in [0.29, 0.717) is 18.8 Å². The van der Waals surface area contributed by atoms with E-state index in [0.717, 1.165) is 12.8 Å². The molecule has 0 spiro atoms. The van der Waals surface area contributed by atoms with Crippen molar-refractivity contribution in [2.24, 2.45) is 17.8 Å². The molecular formula is C11H20O4. The first kappa shape index (κ1) is 11.3. The van der Waals surface area contributed by atoms with Gasteiger partial charge < -0.3 is 20.4 Å². The summed E-state index contributed by atoms with van der Waals surface area (Å²) in [6.07, 6.45) is 3.00. The molecule has 2 rings (SSSR count). The largest absolute Gasteiger partial charge is 0.365 e. The standard InChI is InChI=1S/C11H20O4/c1-2-7-3-4-8-9(5-7)11(14,15)6-10(8,12)13/h7-9,12-15H,2-6H2,1H3. The third kappa shape index (κ3) is 1.80. The van der Waals surface area contributed by atoms with E-state index in [-0.39, 0.29) is 18.3 Å². The van der Waals surface area contributed by atoms with Crippen LogP contribution in [-0.2, 0) is 0 Å². The van der Waals surface area contributed by atoms with Crippen LogP contribution in [0.3, 0.4) is 0 Å². The molecule has 3 unspecified atom stereocenters. The first-order valence-corrected chi connectivity index (χ1v) is 5.76. The first-order valence-electron chi connectivity index (χ1n) is 5.76. The van der Waals surface area contributed by atoms with Crippen molar-refractivity contribution in [2.75, 3.05) is 0 Å². The smallest absolute Gasteiger partial charge is 0.171 e. The van der Waals surface area contributed by atoms with Crippen LogP contribution in [0.25, 0.3) is 0 Å². The van der Waals surface area contributed by atoms with Crippen molar-refractivity contribution in [1.29, 1.82) is 0 Å². The first-order chi connectivity index (χ1) is 6.87. The summed E-state index contributed by atoms with van der Waals surface area (Å²) in [7, 11) is 0. The Kier molecular flexibility index (Phi) is 2.58. The Bertz CT molecular complexity index is 249. The van der Waals surface area contributed by atoms with E-state index in [1.165, 1.54) is 0 Å². The minimum atomic E-state index is -1.90. The Hall–Kier alpha value is -0.160. The van der Waals surface area contributed by atoms with Crippen molar-refractivity contribution in [1.82, 2.24) is 0 Å². The molecule has 88 valence electrons. The summed E-state index contributed by atoms with van der Waals surface area (Å²) in [5.74, 6) is -4.07. The van der Waals surface area contributed by atoms with E-state index >= 15 is 0 Å². The molecule has 0 saturated heterocycles. The van der Waals surface area contributed by atoms with Crippen LogP contribution in [0.2, 0.25) is 0 Å². The summed E-state index contributed by atoms with van der Waals surface area (Å²) in [4.78, 5) is 0. The van der Waals surface area contributed by atoms with Gasteiger partial charge in [0.25, 0.3) is 0 Å². The van der Waals surface area contributed by atoms with Gasteiger partial charge in [-0.3, -0.25) is 0 Å². The third-order valence-electron chi connectivity index (χ3n) is 4.24. The molecule has 0 amide bonds. The highest BCUT2D eigenvalue weighted by molar-refractivity contribution is 5.02. The Morgan fingerprint density at radius 3 is 2.20 bits per heavy atom. The second-order valence-electron chi connectivity index (χ2n) is 5.23. The highest BCUT2D eigenvalue weighted by atomic mass is 16.5. The summed E-state index contributed by atoms with van der Waals surface area (Å²) in [6.45, 7) is 2.08. The number of hydrogen-bond acceptors (Lipinski definition) is 4. The predicted molar refractivity (Wildman–Crippen MR) is 53.6 cm³/mol. The minimum Gasteiger partial charge on any atom is -0.365 e. The molecule has 4 nitrogen and oxygen atoms in total. The molecule has 15 heavy (non-hydrogen) atoms. The fourth-order valence-corrected chi connectivity index (χ4v) is 3.34. The van der Waals surface area contributed by atoms with E-state index in [1.54, 1.807) is 0 Å². The summed E-state index contributed by atoms with van der Waals surface area (Å²) >= 11 is 0. The Morgan fingerprint density at radius 1 is 1.00 bits per heavy atom. The maximum Gasteiger partial charge on any atom is 0.171 e. The van der Waals surface area contributed by atoms with E-state index < -0.39 is 11.6 Å². The maximum absolute atomic E-state index is 9.77. The van der Waals surface area contributed by atoms with Crippen LogP contribution in [0.1, 0.15) is 39.0 Å². The lowest BCUT2D eigenvalue weighted by Gasteiger charge is -2.37. The highest BCUT2D eigenvalue weighted by Gasteiger charge is 2.60. The van der Waals surface area contributed by atoms with Gasteiger partial charge in [-0.2, -0.15) is 0 Å². The van der Waals surface area contributed by atoms with Crippen LogP contribution in [0.15, 0.2) is 0 Å². The molecule has 0 radical (unpaired) electrons. The number of hydrogen-bond donors (Lipinski definition) is 4. The topological polar surface area (TPSA) is 80.9 Å². The zero-order valence-corrected chi connectivity index (χ0v) is 9.06. The lowest BCUT2D eigenvalue weighted by atomic mass is 9.72. The fourth-order valence-electron chi connectivity index (χ4n) is 3.34. The Balaban J connectivity index is 2.19. The van der Waals surface area contributed by atoms with Crippen LogP contribution < -0.4 is 0 Å². The van der Waals surface area contributed by atoms with Crippen molar-refractivity contribution in [2.45, 2.75) is 50.6 Å². The van der Waals surface area contributed by atoms with E-state index in [9.17, 15) is 20.4 Å². The van der Waals surface area contributed by atoms with Crippen molar-refractivity contribution >= 4 is 0 Å². The number of rotatable bonds is 1. The summed E-state index contributed by atoms with van der Waals surface area (Å²) in [5.41, 5.74) is 0. The van der Waals surface area contributed by atoms with Gasteiger partial charge in [-0.25, -0.2) is 0 Å². The van der Waals surface area contributed by atoms with Gasteiger partial charge in [-0.05, 0) is 25.2 Å². The molecule has 4 N–H and O–H groups in total. The van der Waals surface area contributed by atoms with Gasteiger partial charge in [-0.1, -0.05) is 13.3 Å². The molecule has 0 aliphatic heterocycles. The lowest BCUT2D eigenvalue weighted by Crippen LogP contribution is -2.39. The van der Waals surface area contributed by atoms with Crippen LogP contribution >= 0.6 is 0 Å². The van der Waals surface area contributed by atoms with E-state index in [1.807, 2.05) is 0 Å². The van der Waals surface area contributed by atoms with E-state index in [2.05, 4.69) is 6.92 Å². The fraction of sp³-hybridized carbons (Fsp3) is 1.00. The highest BCUT2D eigenvalue weighted by Crippen LogP contribution is 2.52. The summed E-state index contributed by atoms with van der Waals surface area (Å²) in [6, 6.07) is 0. The van der Waals surface area contributed by atoms with Crippen LogP contribution in [-0.4, -0.2) is 32.0 Å². The SMILES string of the molecule is CCC1CCC2C(C1)C(O)(O)CC2(O)O. The normalized spacial score (nSPS) is 42.6. The Labute approximate surface area is 89.6 Å². The molecule has 2 aliphatic carbocycles. The van der Waals surface area contributed by atoms with Gasteiger partial charge in [0, 0.05) is 11.8 Å². The zero-order chi connectivity index (χ0) is 11.3. The van der Waals surface area contributed by atoms with Gasteiger partial charge in [0.15, 0.2) is 11.6 Å². The molecule has 2 aliphatic rings. The zero-order valence-electron chi connectivity index (χ0n) is 9.06. The van der Waals surface area contributed by atoms with Crippen molar-refractivity contribution in [3.8, 4) is 0 Å². The average Bonchev–Trinajstić information content (AvgIpc) is 2.32. The van der Waals surface area contributed by atoms with Gasteiger partial charge in [0.1, 0.15) is 0 Å². The van der Waals surface area contributed by atoms with Crippen molar-refractivity contribution in [3.05, 3.63) is 0 Å². The average molecular weight is 216 g/mol. The molecule has 0 aromatic carbocycles. The van der Waals surface area contributed by atoms with Gasteiger partial charge >= 0.3 is 0 Å². The maximum atomic E-state index is 9.77. The van der Waals surface area contributed by atoms with Crippen molar-refractivity contribution in [3.63, 3.8) is 0 Å². The quantitative estimate of drug-likeness (QED) is 0.472. The predicted octanol–water partition coefficient (Wildman–Crippen LogP) is 0.194. The van der Waals surface area contributed by atoms with E-state index in [4.69, 9.17) is 0 Å². The second kappa shape index (κ2) is 3.42. The monoisotopic (exact) mass is 216 g/mol. The molecule has 0 aromatic heterocycles. The van der Waals surface area contributed by atoms with Gasteiger partial charge in [0.2, 0.25) is 0 Å². The molecule has 4 heteroatoms. The van der Waals surface area contributed by atoms with Crippen LogP contribution in [0, 0.1) is 17.8 Å². The summed E-state index contributed by atoms with van der Waals surface area (Å²) in [5, 5.41) is 39.0. The molecule has 0 bridgehead atoms. The molecular weight excluding hydrogens is 196 g/mol. The van der Waals surface area contributed by atoms with Crippen LogP contribution in [0.4, 0.5) is 0 Å². The minimum absolute atomic E-state index is 0.342. The molecule has 2 fully saturated rings. The second-order valence-corrected chi connectivity index (χ2v) is 5.23. The molecule has 3 atom stereocenters.